The first-order chi connectivity index (χ1) is 14.5. The van der Waals surface area contributed by atoms with Crippen LogP contribution in [-0.2, 0) is 20.9 Å². The van der Waals surface area contributed by atoms with E-state index in [1.54, 1.807) is 24.3 Å². The maximum absolute atomic E-state index is 12.2. The maximum atomic E-state index is 12.2. The second-order valence-electron chi connectivity index (χ2n) is 6.85. The molecule has 3 rings (SSSR count). The Labute approximate surface area is 184 Å². The molecule has 158 valence electrons. The molecular formula is C21H23ClN4O3S. The number of halogens is 1. The minimum absolute atomic E-state index is 0.131. The molecule has 2 unspecified atom stereocenters. The molecule has 30 heavy (non-hydrogen) atoms. The molecule has 0 aromatic heterocycles. The molecule has 0 radical (unpaired) electrons. The summed E-state index contributed by atoms with van der Waals surface area (Å²) in [7, 11) is 0. The number of anilines is 1. The summed E-state index contributed by atoms with van der Waals surface area (Å²) in [5.74, 6) is -0.353. The van der Waals surface area contributed by atoms with Gasteiger partial charge in [0, 0.05) is 36.1 Å². The van der Waals surface area contributed by atoms with E-state index in [0.29, 0.717) is 17.3 Å². The maximum Gasteiger partial charge on any atom is 0.234 e. The first kappa shape index (κ1) is 22.1. The predicted molar refractivity (Wildman–Crippen MR) is 119 cm³/mol. The van der Waals surface area contributed by atoms with Crippen LogP contribution in [0.15, 0.2) is 54.6 Å². The highest BCUT2D eigenvalue weighted by Gasteiger charge is 2.28. The van der Waals surface area contributed by atoms with Crippen LogP contribution in [0.25, 0.3) is 0 Å². The third-order valence-corrected chi connectivity index (χ3v) is 5.62. The van der Waals surface area contributed by atoms with E-state index in [0.717, 1.165) is 5.56 Å². The molecule has 1 aliphatic heterocycles. The quantitative estimate of drug-likeness (QED) is 0.499. The van der Waals surface area contributed by atoms with Crippen molar-refractivity contribution >= 4 is 46.8 Å². The summed E-state index contributed by atoms with van der Waals surface area (Å²) < 4.78 is 0. The molecule has 0 spiro atoms. The summed E-state index contributed by atoms with van der Waals surface area (Å²) in [6.07, 6.45) is 0.399. The Morgan fingerprint density at radius 3 is 2.67 bits per heavy atom. The standard InChI is InChI=1S/C21H23ClN4O3S/c22-15-7-4-8-16(9-15)24-20(29)13-30-21-25-17(11-19(28)26-21)10-18(27)23-12-14-5-2-1-3-6-14/h1-9,17,21,25H,10-13H2,(H,23,27)(H,24,29)(H,26,28). The van der Waals surface area contributed by atoms with Crippen LogP contribution in [-0.4, -0.2) is 35.0 Å². The number of rotatable bonds is 8. The number of thioether (sulfide) groups is 1. The lowest BCUT2D eigenvalue weighted by atomic mass is 10.1. The van der Waals surface area contributed by atoms with E-state index in [1.807, 2.05) is 30.3 Å². The van der Waals surface area contributed by atoms with Crippen molar-refractivity contribution in [2.24, 2.45) is 0 Å². The zero-order valence-electron chi connectivity index (χ0n) is 16.2. The highest BCUT2D eigenvalue weighted by Crippen LogP contribution is 2.17. The highest BCUT2D eigenvalue weighted by atomic mass is 35.5. The normalized spacial score (nSPS) is 18.4. The van der Waals surface area contributed by atoms with Crippen LogP contribution in [0.4, 0.5) is 5.69 Å². The Kier molecular flexibility index (Phi) is 8.12. The predicted octanol–water partition coefficient (Wildman–Crippen LogP) is 2.48. The molecule has 1 fully saturated rings. The van der Waals surface area contributed by atoms with Crippen LogP contribution in [0.5, 0.6) is 0 Å². The van der Waals surface area contributed by atoms with Crippen molar-refractivity contribution < 1.29 is 14.4 Å². The second kappa shape index (κ2) is 11.0. The molecule has 0 saturated carbocycles. The van der Waals surface area contributed by atoms with Crippen molar-refractivity contribution in [2.75, 3.05) is 11.1 Å². The Morgan fingerprint density at radius 2 is 1.90 bits per heavy atom. The van der Waals surface area contributed by atoms with E-state index >= 15 is 0 Å². The largest absolute Gasteiger partial charge is 0.352 e. The fourth-order valence-electron chi connectivity index (χ4n) is 2.98. The second-order valence-corrected chi connectivity index (χ2v) is 8.38. The van der Waals surface area contributed by atoms with Crippen molar-refractivity contribution in [3.8, 4) is 0 Å². The van der Waals surface area contributed by atoms with E-state index in [1.165, 1.54) is 11.8 Å². The SMILES string of the molecule is O=C(CC1CC(=O)NC(SCC(=O)Nc2cccc(Cl)c2)N1)NCc1ccccc1. The van der Waals surface area contributed by atoms with Crippen molar-refractivity contribution in [3.05, 3.63) is 65.2 Å². The van der Waals surface area contributed by atoms with Gasteiger partial charge in [-0.1, -0.05) is 48.0 Å². The highest BCUT2D eigenvalue weighted by molar-refractivity contribution is 8.00. The van der Waals surface area contributed by atoms with Crippen LogP contribution >= 0.6 is 23.4 Å². The summed E-state index contributed by atoms with van der Waals surface area (Å²) in [5, 5.41) is 12.2. The molecule has 0 bridgehead atoms. The van der Waals surface area contributed by atoms with E-state index in [9.17, 15) is 14.4 Å². The Hall–Kier alpha value is -2.55. The average Bonchev–Trinajstić information content (AvgIpc) is 2.71. The first-order valence-corrected chi connectivity index (χ1v) is 10.9. The molecule has 3 amide bonds. The lowest BCUT2D eigenvalue weighted by Crippen LogP contribution is -2.56. The van der Waals surface area contributed by atoms with Gasteiger partial charge < -0.3 is 16.0 Å². The van der Waals surface area contributed by atoms with Crippen LogP contribution in [0.3, 0.4) is 0 Å². The number of carbonyl (C=O) groups excluding carboxylic acids is 3. The minimum atomic E-state index is -0.441. The molecule has 0 aliphatic carbocycles. The summed E-state index contributed by atoms with van der Waals surface area (Å²) >= 11 is 7.17. The van der Waals surface area contributed by atoms with Crippen LogP contribution in [0.2, 0.25) is 5.02 Å². The lowest BCUT2D eigenvalue weighted by Gasteiger charge is -2.30. The van der Waals surface area contributed by atoms with E-state index in [2.05, 4.69) is 21.3 Å². The smallest absolute Gasteiger partial charge is 0.234 e. The van der Waals surface area contributed by atoms with Gasteiger partial charge in [0.2, 0.25) is 17.7 Å². The molecule has 1 aliphatic rings. The van der Waals surface area contributed by atoms with Gasteiger partial charge in [-0.05, 0) is 23.8 Å². The lowest BCUT2D eigenvalue weighted by molar-refractivity contribution is -0.125. The van der Waals surface area contributed by atoms with Gasteiger partial charge in [0.05, 0.1) is 5.75 Å². The molecule has 7 nitrogen and oxygen atoms in total. The molecule has 2 aromatic rings. The number of hydrogen-bond donors (Lipinski definition) is 4. The molecule has 1 saturated heterocycles. The third-order valence-electron chi connectivity index (χ3n) is 4.36. The fraction of sp³-hybridized carbons (Fsp3) is 0.286. The number of amides is 3. The molecule has 2 atom stereocenters. The van der Waals surface area contributed by atoms with Crippen LogP contribution < -0.4 is 21.3 Å². The topological polar surface area (TPSA) is 99.3 Å². The van der Waals surface area contributed by atoms with Gasteiger partial charge in [-0.15, -0.1) is 11.8 Å². The van der Waals surface area contributed by atoms with Gasteiger partial charge in [-0.25, -0.2) is 0 Å². The summed E-state index contributed by atoms with van der Waals surface area (Å²) in [5.41, 5.74) is 1.18. The average molecular weight is 447 g/mol. The van der Waals surface area contributed by atoms with Crippen molar-refractivity contribution in [2.45, 2.75) is 30.9 Å². The van der Waals surface area contributed by atoms with Crippen molar-refractivity contribution in [3.63, 3.8) is 0 Å². The van der Waals surface area contributed by atoms with Crippen molar-refractivity contribution in [1.82, 2.24) is 16.0 Å². The van der Waals surface area contributed by atoms with Gasteiger partial charge in [0.25, 0.3) is 0 Å². The monoisotopic (exact) mass is 446 g/mol. The zero-order valence-corrected chi connectivity index (χ0v) is 17.8. The Morgan fingerprint density at radius 1 is 1.10 bits per heavy atom. The number of hydrogen-bond acceptors (Lipinski definition) is 5. The van der Waals surface area contributed by atoms with E-state index in [-0.39, 0.29) is 42.4 Å². The Balaban J connectivity index is 1.42. The number of benzene rings is 2. The van der Waals surface area contributed by atoms with Crippen LogP contribution in [0, 0.1) is 0 Å². The summed E-state index contributed by atoms with van der Waals surface area (Å²) in [6.45, 7) is 0.445. The van der Waals surface area contributed by atoms with E-state index < -0.39 is 5.50 Å². The summed E-state index contributed by atoms with van der Waals surface area (Å²) in [6, 6.07) is 16.2. The van der Waals surface area contributed by atoms with Crippen molar-refractivity contribution in [1.29, 1.82) is 0 Å². The molecule has 4 N–H and O–H groups in total. The zero-order chi connectivity index (χ0) is 21.3. The Bertz CT molecular complexity index is 897. The van der Waals surface area contributed by atoms with Gasteiger partial charge in [-0.2, -0.15) is 0 Å². The van der Waals surface area contributed by atoms with Gasteiger partial charge in [0.1, 0.15) is 5.50 Å². The molecule has 9 heteroatoms. The van der Waals surface area contributed by atoms with Gasteiger partial charge in [0.15, 0.2) is 0 Å². The minimum Gasteiger partial charge on any atom is -0.352 e. The molecular weight excluding hydrogens is 424 g/mol. The van der Waals surface area contributed by atoms with Gasteiger partial charge >= 0.3 is 0 Å². The molecule has 1 heterocycles. The van der Waals surface area contributed by atoms with E-state index in [4.69, 9.17) is 11.6 Å². The summed E-state index contributed by atoms with van der Waals surface area (Å²) in [4.78, 5) is 36.4. The third kappa shape index (κ3) is 7.37. The van der Waals surface area contributed by atoms with Crippen LogP contribution in [0.1, 0.15) is 18.4 Å². The molecule has 2 aromatic carbocycles. The number of carbonyl (C=O) groups is 3. The first-order valence-electron chi connectivity index (χ1n) is 9.51. The fourth-order valence-corrected chi connectivity index (χ4v) is 4.06. The number of nitrogens with one attached hydrogen (secondary N) is 4. The van der Waals surface area contributed by atoms with Gasteiger partial charge in [-0.3, -0.25) is 19.7 Å².